The minimum absolute atomic E-state index is 0.0157. The Labute approximate surface area is 173 Å². The number of sulfonamides is 1. The monoisotopic (exact) mass is 447 g/mol. The summed E-state index contributed by atoms with van der Waals surface area (Å²) in [6.45, 7) is 0.870. The SMILES string of the molecule is CN(C)CCN(C)S(=O)(=O)c1cc(N=O)ccc1Sc1cc(Cl)cc(Cl)c1. The van der Waals surface area contributed by atoms with Crippen LogP contribution in [0.1, 0.15) is 0 Å². The Bertz CT molecular complexity index is 917. The van der Waals surface area contributed by atoms with Crippen LogP contribution in [0.5, 0.6) is 0 Å². The summed E-state index contributed by atoms with van der Waals surface area (Å²) in [6, 6.07) is 9.29. The quantitative estimate of drug-likeness (QED) is 0.547. The molecule has 0 amide bonds. The Balaban J connectivity index is 2.46. The third-order valence-electron chi connectivity index (χ3n) is 3.65. The fraction of sp³-hybridized carbons (Fsp3) is 0.294. The van der Waals surface area contributed by atoms with Gasteiger partial charge in [0.15, 0.2) is 0 Å². The second-order valence-electron chi connectivity index (χ2n) is 6.06. The van der Waals surface area contributed by atoms with E-state index >= 15 is 0 Å². The molecule has 2 aromatic carbocycles. The molecule has 0 aliphatic carbocycles. The van der Waals surface area contributed by atoms with E-state index in [9.17, 15) is 13.3 Å². The number of nitrogens with zero attached hydrogens (tertiary/aromatic N) is 3. The summed E-state index contributed by atoms with van der Waals surface area (Å²) in [6.07, 6.45) is 0. The van der Waals surface area contributed by atoms with Crippen molar-refractivity contribution in [2.75, 3.05) is 34.2 Å². The number of rotatable bonds is 8. The minimum Gasteiger partial charge on any atom is -0.308 e. The third kappa shape index (κ3) is 5.91. The van der Waals surface area contributed by atoms with Gasteiger partial charge in [-0.25, -0.2) is 8.42 Å². The van der Waals surface area contributed by atoms with Crippen molar-refractivity contribution in [1.82, 2.24) is 9.21 Å². The third-order valence-corrected chi connectivity index (χ3v) is 7.16. The van der Waals surface area contributed by atoms with Crippen LogP contribution in [0, 0.1) is 4.91 Å². The molecule has 6 nitrogen and oxygen atoms in total. The van der Waals surface area contributed by atoms with Crippen molar-refractivity contribution in [1.29, 1.82) is 0 Å². The molecule has 0 spiro atoms. The summed E-state index contributed by atoms with van der Waals surface area (Å²) in [4.78, 5) is 14.0. The molecule has 0 aromatic heterocycles. The molecule has 0 bridgehead atoms. The van der Waals surface area contributed by atoms with Gasteiger partial charge in [-0.05, 0) is 55.7 Å². The van der Waals surface area contributed by atoms with Gasteiger partial charge >= 0.3 is 0 Å². The Kier molecular flexibility index (Phi) is 7.67. The highest BCUT2D eigenvalue weighted by Gasteiger charge is 2.25. The normalized spacial score (nSPS) is 12.0. The second kappa shape index (κ2) is 9.36. The fourth-order valence-corrected chi connectivity index (χ4v) is 5.45. The van der Waals surface area contributed by atoms with Gasteiger partial charge in [-0.2, -0.15) is 4.31 Å². The van der Waals surface area contributed by atoms with Gasteiger partial charge in [0, 0.05) is 40.0 Å². The summed E-state index contributed by atoms with van der Waals surface area (Å²) in [5, 5.41) is 3.76. The molecule has 0 saturated heterocycles. The van der Waals surface area contributed by atoms with Crippen molar-refractivity contribution in [3.05, 3.63) is 51.4 Å². The lowest BCUT2D eigenvalue weighted by Crippen LogP contribution is -2.33. The number of benzene rings is 2. The lowest BCUT2D eigenvalue weighted by molar-refractivity contribution is 0.358. The average molecular weight is 448 g/mol. The number of halogens is 2. The zero-order valence-electron chi connectivity index (χ0n) is 15.0. The van der Waals surface area contributed by atoms with Crippen molar-refractivity contribution in [3.63, 3.8) is 0 Å². The van der Waals surface area contributed by atoms with Crippen LogP contribution in [0.4, 0.5) is 5.69 Å². The Morgan fingerprint density at radius 1 is 1.00 bits per heavy atom. The molecule has 0 unspecified atom stereocenters. The highest BCUT2D eigenvalue weighted by atomic mass is 35.5. The molecule has 0 aliphatic rings. The van der Waals surface area contributed by atoms with Crippen molar-refractivity contribution in [3.8, 4) is 0 Å². The van der Waals surface area contributed by atoms with Crippen LogP contribution in [-0.4, -0.2) is 51.9 Å². The van der Waals surface area contributed by atoms with E-state index in [0.717, 1.165) is 0 Å². The van der Waals surface area contributed by atoms with E-state index in [-0.39, 0.29) is 10.6 Å². The van der Waals surface area contributed by atoms with Crippen LogP contribution in [-0.2, 0) is 10.0 Å². The van der Waals surface area contributed by atoms with Gasteiger partial charge < -0.3 is 4.90 Å². The Morgan fingerprint density at radius 3 is 2.19 bits per heavy atom. The summed E-state index contributed by atoms with van der Waals surface area (Å²) < 4.78 is 27.4. The first kappa shape index (κ1) is 22.1. The van der Waals surface area contributed by atoms with E-state index in [1.165, 1.54) is 35.2 Å². The zero-order chi connectivity index (χ0) is 20.2. The van der Waals surface area contributed by atoms with E-state index < -0.39 is 10.0 Å². The highest BCUT2D eigenvalue weighted by molar-refractivity contribution is 8.00. The molecule has 146 valence electrons. The first-order valence-electron chi connectivity index (χ1n) is 7.86. The second-order valence-corrected chi connectivity index (χ2v) is 10.1. The van der Waals surface area contributed by atoms with Gasteiger partial charge in [0.05, 0.1) is 4.90 Å². The highest BCUT2D eigenvalue weighted by Crippen LogP contribution is 2.38. The van der Waals surface area contributed by atoms with Gasteiger partial charge in [0.25, 0.3) is 0 Å². The number of hydrogen-bond donors (Lipinski definition) is 0. The van der Waals surface area contributed by atoms with E-state index in [4.69, 9.17) is 23.2 Å². The first-order valence-corrected chi connectivity index (χ1v) is 10.9. The summed E-state index contributed by atoms with van der Waals surface area (Å²) in [5.41, 5.74) is 0.0445. The lowest BCUT2D eigenvalue weighted by atomic mass is 10.3. The topological polar surface area (TPSA) is 70.1 Å². The van der Waals surface area contributed by atoms with Crippen LogP contribution in [0.3, 0.4) is 0 Å². The van der Waals surface area contributed by atoms with Gasteiger partial charge in [-0.3, -0.25) is 0 Å². The van der Waals surface area contributed by atoms with Crippen LogP contribution >= 0.6 is 35.0 Å². The maximum atomic E-state index is 13.1. The van der Waals surface area contributed by atoms with E-state index in [1.54, 1.807) is 24.3 Å². The van der Waals surface area contributed by atoms with Crippen molar-refractivity contribution in [2.24, 2.45) is 5.18 Å². The average Bonchev–Trinajstić information content (AvgIpc) is 2.58. The fourth-order valence-electron chi connectivity index (χ4n) is 2.18. The molecule has 0 aliphatic heterocycles. The van der Waals surface area contributed by atoms with Crippen LogP contribution < -0.4 is 0 Å². The first-order chi connectivity index (χ1) is 12.6. The van der Waals surface area contributed by atoms with E-state index in [2.05, 4.69) is 5.18 Å². The molecular weight excluding hydrogens is 429 g/mol. The molecule has 2 aromatic rings. The van der Waals surface area contributed by atoms with Gasteiger partial charge in [-0.15, -0.1) is 4.91 Å². The summed E-state index contributed by atoms with van der Waals surface area (Å²) >= 11 is 13.3. The molecule has 0 saturated carbocycles. The molecule has 2 rings (SSSR count). The molecule has 10 heteroatoms. The Morgan fingerprint density at radius 2 is 1.63 bits per heavy atom. The summed E-state index contributed by atoms with van der Waals surface area (Å²) in [5.74, 6) is 0. The number of hydrogen-bond acceptors (Lipinski definition) is 6. The zero-order valence-corrected chi connectivity index (χ0v) is 18.2. The maximum Gasteiger partial charge on any atom is 0.244 e. The molecule has 0 radical (unpaired) electrons. The van der Waals surface area contributed by atoms with Gasteiger partial charge in [0.1, 0.15) is 5.69 Å². The van der Waals surface area contributed by atoms with Crippen molar-refractivity contribution >= 4 is 50.7 Å². The smallest absolute Gasteiger partial charge is 0.244 e. The van der Waals surface area contributed by atoms with Crippen LogP contribution in [0.15, 0.2) is 56.3 Å². The van der Waals surface area contributed by atoms with Crippen LogP contribution in [0.2, 0.25) is 10.0 Å². The van der Waals surface area contributed by atoms with E-state index in [1.807, 2.05) is 19.0 Å². The van der Waals surface area contributed by atoms with E-state index in [0.29, 0.717) is 32.9 Å². The molecule has 27 heavy (non-hydrogen) atoms. The predicted octanol–water partition coefficient (Wildman–Crippen LogP) is 4.72. The molecular formula is C17H19Cl2N3O3S2. The number of likely N-dealkylation sites (N-methyl/N-ethyl adjacent to an activating group) is 2. The molecule has 0 N–H and O–H groups in total. The Hall–Kier alpha value is -1.16. The number of nitroso groups, excluding NO2 is 1. The largest absolute Gasteiger partial charge is 0.308 e. The van der Waals surface area contributed by atoms with Crippen molar-refractivity contribution < 1.29 is 8.42 Å². The summed E-state index contributed by atoms with van der Waals surface area (Å²) in [7, 11) is 1.41. The van der Waals surface area contributed by atoms with Gasteiger partial charge in [0.2, 0.25) is 10.0 Å². The molecule has 0 atom stereocenters. The standard InChI is InChI=1S/C17H19Cl2N3O3S2/c1-21(2)6-7-22(3)27(24,25)17-11-14(20-23)4-5-16(17)26-15-9-12(18)8-13(19)10-15/h4-5,8-11H,6-7H2,1-3H3. The molecule has 0 fully saturated rings. The van der Waals surface area contributed by atoms with Crippen molar-refractivity contribution in [2.45, 2.75) is 14.7 Å². The molecule has 0 heterocycles. The lowest BCUT2D eigenvalue weighted by Gasteiger charge is -2.21. The van der Waals surface area contributed by atoms with Gasteiger partial charge in [-0.1, -0.05) is 35.0 Å². The van der Waals surface area contributed by atoms with Crippen LogP contribution in [0.25, 0.3) is 0 Å². The minimum atomic E-state index is -3.82. The predicted molar refractivity (Wildman–Crippen MR) is 111 cm³/mol. The maximum absolute atomic E-state index is 13.1.